The molecule has 1 nitrogen and oxygen atoms in total. The summed E-state index contributed by atoms with van der Waals surface area (Å²) in [6.07, 6.45) is -9.89. The SMILES string of the molecule is CC(OC1CCC(CBr)C1c1ccc(F)cc1)c1cc(C(F)(F)F)cc(C(F)(F)F)c1. The van der Waals surface area contributed by atoms with E-state index in [2.05, 4.69) is 15.9 Å². The minimum Gasteiger partial charge on any atom is -0.370 e. The summed E-state index contributed by atoms with van der Waals surface area (Å²) >= 11 is 3.45. The van der Waals surface area contributed by atoms with Crippen molar-refractivity contribution in [2.75, 3.05) is 5.33 Å². The average Bonchev–Trinajstić information content (AvgIpc) is 3.09. The lowest BCUT2D eigenvalue weighted by atomic mass is 9.88. The minimum absolute atomic E-state index is 0.105. The Morgan fingerprint density at radius 3 is 1.97 bits per heavy atom. The monoisotopic (exact) mass is 512 g/mol. The van der Waals surface area contributed by atoms with Crippen LogP contribution in [0.3, 0.4) is 0 Å². The fourth-order valence-corrected chi connectivity index (χ4v) is 4.82. The number of halogens is 8. The zero-order valence-corrected chi connectivity index (χ0v) is 18.0. The summed E-state index contributed by atoms with van der Waals surface area (Å²) in [5.74, 6) is -0.406. The molecule has 0 saturated heterocycles. The van der Waals surface area contributed by atoms with E-state index in [-0.39, 0.29) is 23.5 Å². The summed E-state index contributed by atoms with van der Waals surface area (Å²) in [6, 6.07) is 7.41. The molecule has 1 fully saturated rings. The first-order chi connectivity index (χ1) is 14.4. The number of rotatable bonds is 5. The van der Waals surface area contributed by atoms with Crippen LogP contribution in [-0.2, 0) is 17.1 Å². The Morgan fingerprint density at radius 1 is 0.935 bits per heavy atom. The maximum atomic E-state index is 13.3. The third-order valence-corrected chi connectivity index (χ3v) is 6.47. The van der Waals surface area contributed by atoms with Crippen LogP contribution in [0.15, 0.2) is 42.5 Å². The molecule has 3 rings (SSSR count). The van der Waals surface area contributed by atoms with E-state index >= 15 is 0 Å². The van der Waals surface area contributed by atoms with Crippen molar-refractivity contribution in [2.45, 2.75) is 50.2 Å². The lowest BCUT2D eigenvalue weighted by Crippen LogP contribution is -2.23. The summed E-state index contributed by atoms with van der Waals surface area (Å²) in [6.45, 7) is 1.44. The molecule has 31 heavy (non-hydrogen) atoms. The van der Waals surface area contributed by atoms with Gasteiger partial charge in [-0.3, -0.25) is 0 Å². The predicted molar refractivity (Wildman–Crippen MR) is 105 cm³/mol. The highest BCUT2D eigenvalue weighted by atomic mass is 79.9. The Bertz CT molecular complexity index is 860. The van der Waals surface area contributed by atoms with Gasteiger partial charge < -0.3 is 4.74 Å². The second-order valence-electron chi connectivity index (χ2n) is 7.73. The Kier molecular flexibility index (Phi) is 7.05. The van der Waals surface area contributed by atoms with Gasteiger partial charge in [-0.25, -0.2) is 4.39 Å². The normalized spacial score (nSPS) is 23.2. The molecule has 0 bridgehead atoms. The molecule has 9 heteroatoms. The van der Waals surface area contributed by atoms with Gasteiger partial charge in [-0.05, 0) is 67.1 Å². The van der Waals surface area contributed by atoms with Crippen LogP contribution < -0.4 is 0 Å². The van der Waals surface area contributed by atoms with Crippen molar-refractivity contribution in [3.8, 4) is 0 Å². The first-order valence-corrected chi connectivity index (χ1v) is 10.8. The van der Waals surface area contributed by atoms with Gasteiger partial charge in [0.05, 0.1) is 23.3 Å². The number of alkyl halides is 7. The summed E-state index contributed by atoms with van der Waals surface area (Å²) in [5, 5.41) is 0.644. The predicted octanol–water partition coefficient (Wildman–Crippen LogP) is 7.90. The molecule has 0 spiro atoms. The van der Waals surface area contributed by atoms with Crippen LogP contribution in [0, 0.1) is 11.7 Å². The van der Waals surface area contributed by atoms with Crippen LogP contribution in [0.2, 0.25) is 0 Å². The van der Waals surface area contributed by atoms with Crippen LogP contribution >= 0.6 is 15.9 Å². The topological polar surface area (TPSA) is 9.23 Å². The zero-order valence-electron chi connectivity index (χ0n) is 16.4. The molecule has 170 valence electrons. The standard InChI is InChI=1S/C22H20BrF7O/c1-12(15-8-16(21(25,26)27)10-17(9-15)22(28,29)30)31-19-7-4-14(11-23)20(19)13-2-5-18(24)6-3-13/h2-3,5-6,8-10,12,14,19-20H,4,7,11H2,1H3. The first-order valence-electron chi connectivity index (χ1n) is 9.66. The molecule has 0 N–H and O–H groups in total. The average molecular weight is 513 g/mol. The maximum Gasteiger partial charge on any atom is 0.416 e. The quantitative estimate of drug-likeness (QED) is 0.292. The smallest absolute Gasteiger partial charge is 0.370 e. The van der Waals surface area contributed by atoms with E-state index in [9.17, 15) is 30.7 Å². The van der Waals surface area contributed by atoms with Crippen LogP contribution in [0.1, 0.15) is 54.0 Å². The number of benzene rings is 2. The Morgan fingerprint density at radius 2 is 1.48 bits per heavy atom. The molecule has 0 amide bonds. The van der Waals surface area contributed by atoms with Gasteiger partial charge in [-0.2, -0.15) is 26.3 Å². The molecule has 1 aliphatic rings. The van der Waals surface area contributed by atoms with Crippen molar-refractivity contribution in [1.29, 1.82) is 0 Å². The first kappa shape index (κ1) is 24.0. The molecule has 1 saturated carbocycles. The number of ether oxygens (including phenoxy) is 1. The third kappa shape index (κ3) is 5.61. The third-order valence-electron chi connectivity index (χ3n) is 5.64. The molecule has 2 aromatic rings. The Labute approximate surface area is 183 Å². The van der Waals surface area contributed by atoms with Crippen molar-refractivity contribution in [1.82, 2.24) is 0 Å². The van der Waals surface area contributed by atoms with Gasteiger partial charge in [0.2, 0.25) is 0 Å². The molecule has 4 unspecified atom stereocenters. The fraction of sp³-hybridized carbons (Fsp3) is 0.455. The van der Waals surface area contributed by atoms with Crippen molar-refractivity contribution in [2.24, 2.45) is 5.92 Å². The highest BCUT2D eigenvalue weighted by Crippen LogP contribution is 2.45. The molecule has 4 atom stereocenters. The van der Waals surface area contributed by atoms with E-state index in [0.717, 1.165) is 12.0 Å². The lowest BCUT2D eigenvalue weighted by molar-refractivity contribution is -0.143. The zero-order chi connectivity index (χ0) is 23.0. The minimum atomic E-state index is -4.92. The Hall–Kier alpha value is -1.61. The maximum absolute atomic E-state index is 13.3. The molecule has 2 aromatic carbocycles. The van der Waals surface area contributed by atoms with E-state index in [1.807, 2.05) is 0 Å². The second kappa shape index (κ2) is 9.10. The largest absolute Gasteiger partial charge is 0.416 e. The van der Waals surface area contributed by atoms with E-state index in [4.69, 9.17) is 4.74 Å². The Balaban J connectivity index is 1.90. The summed E-state index contributed by atoms with van der Waals surface area (Å²) in [7, 11) is 0. The van der Waals surface area contributed by atoms with Crippen molar-refractivity contribution < 1.29 is 35.5 Å². The van der Waals surface area contributed by atoms with Crippen LogP contribution in [0.5, 0.6) is 0 Å². The summed E-state index contributed by atoms with van der Waals surface area (Å²) < 4.78 is 98.4. The highest BCUT2D eigenvalue weighted by Gasteiger charge is 2.40. The van der Waals surface area contributed by atoms with Crippen molar-refractivity contribution in [3.05, 3.63) is 70.5 Å². The number of hydrogen-bond acceptors (Lipinski definition) is 1. The molecule has 0 aromatic heterocycles. The van der Waals surface area contributed by atoms with E-state index < -0.39 is 41.5 Å². The van der Waals surface area contributed by atoms with E-state index in [0.29, 0.717) is 23.9 Å². The molecule has 0 radical (unpaired) electrons. The summed E-state index contributed by atoms with van der Waals surface area (Å²) in [4.78, 5) is 0. The van der Waals surface area contributed by atoms with Gasteiger partial charge in [0, 0.05) is 11.2 Å². The van der Waals surface area contributed by atoms with Gasteiger partial charge in [0.1, 0.15) is 5.82 Å². The van der Waals surface area contributed by atoms with Crippen molar-refractivity contribution in [3.63, 3.8) is 0 Å². The van der Waals surface area contributed by atoms with E-state index in [1.165, 1.54) is 19.1 Å². The van der Waals surface area contributed by atoms with Crippen LogP contribution in [0.4, 0.5) is 30.7 Å². The second-order valence-corrected chi connectivity index (χ2v) is 8.37. The molecule has 0 aliphatic heterocycles. The highest BCUT2D eigenvalue weighted by molar-refractivity contribution is 9.09. The fourth-order valence-electron chi connectivity index (χ4n) is 4.09. The summed E-state index contributed by atoms with van der Waals surface area (Å²) in [5.41, 5.74) is -2.11. The van der Waals surface area contributed by atoms with Crippen molar-refractivity contribution >= 4 is 15.9 Å². The van der Waals surface area contributed by atoms with Gasteiger partial charge in [0.15, 0.2) is 0 Å². The molecular weight excluding hydrogens is 493 g/mol. The van der Waals surface area contributed by atoms with E-state index in [1.54, 1.807) is 12.1 Å². The van der Waals surface area contributed by atoms with Crippen LogP contribution in [0.25, 0.3) is 0 Å². The number of hydrogen-bond donors (Lipinski definition) is 0. The lowest BCUT2D eigenvalue weighted by Gasteiger charge is -2.28. The molecule has 1 aliphatic carbocycles. The van der Waals surface area contributed by atoms with Crippen LogP contribution in [-0.4, -0.2) is 11.4 Å². The van der Waals surface area contributed by atoms with Gasteiger partial charge in [-0.15, -0.1) is 0 Å². The van der Waals surface area contributed by atoms with Gasteiger partial charge in [-0.1, -0.05) is 28.1 Å². The van der Waals surface area contributed by atoms with Gasteiger partial charge >= 0.3 is 12.4 Å². The van der Waals surface area contributed by atoms with Gasteiger partial charge in [0.25, 0.3) is 0 Å². The molecular formula is C22H20BrF7O. The molecule has 0 heterocycles.